The topological polar surface area (TPSA) is 32.3 Å². The molecule has 3 heteroatoms. The third-order valence-corrected chi connectivity index (χ3v) is 3.97. The van der Waals surface area contributed by atoms with Gasteiger partial charge in [0.25, 0.3) is 0 Å². The van der Waals surface area contributed by atoms with Crippen LogP contribution in [0.5, 0.6) is 0 Å². The van der Waals surface area contributed by atoms with Crippen molar-refractivity contribution in [3.05, 3.63) is 0 Å². The van der Waals surface area contributed by atoms with Gasteiger partial charge in [0.05, 0.1) is 0 Å². The molecule has 0 radical (unpaired) electrons. The Balaban J connectivity index is 1.35. The molecule has 1 aliphatic heterocycles. The summed E-state index contributed by atoms with van der Waals surface area (Å²) in [7, 11) is 0. The Hall–Kier alpha value is -0.570. The predicted octanol–water partition coefficient (Wildman–Crippen LogP) is 1.14. The van der Waals surface area contributed by atoms with Gasteiger partial charge in [-0.2, -0.15) is 0 Å². The lowest BCUT2D eigenvalue weighted by Crippen LogP contribution is -2.62. The molecule has 3 fully saturated rings. The number of hydrogen-bond donors (Lipinski definition) is 1. The van der Waals surface area contributed by atoms with Crippen LogP contribution < -0.4 is 5.32 Å². The minimum Gasteiger partial charge on any atom is -0.339 e. The lowest BCUT2D eigenvalue weighted by molar-refractivity contribution is -0.136. The van der Waals surface area contributed by atoms with E-state index in [1.807, 2.05) is 4.90 Å². The highest BCUT2D eigenvalue weighted by Gasteiger charge is 2.35. The Bertz CT molecular complexity index is 252. The number of carbonyl (C=O) groups is 1. The molecule has 0 spiro atoms. The summed E-state index contributed by atoms with van der Waals surface area (Å²) in [6, 6.07) is 1.36. The van der Waals surface area contributed by atoms with Crippen LogP contribution in [-0.4, -0.2) is 36.0 Å². The zero-order valence-electron chi connectivity index (χ0n) is 9.24. The largest absolute Gasteiger partial charge is 0.339 e. The first-order valence-electron chi connectivity index (χ1n) is 6.35. The monoisotopic (exact) mass is 208 g/mol. The smallest absolute Gasteiger partial charge is 0.222 e. The van der Waals surface area contributed by atoms with Gasteiger partial charge in [0, 0.05) is 31.6 Å². The Morgan fingerprint density at radius 1 is 1.13 bits per heavy atom. The number of hydrogen-bond acceptors (Lipinski definition) is 2. The summed E-state index contributed by atoms with van der Waals surface area (Å²) in [5.41, 5.74) is 0. The highest BCUT2D eigenvalue weighted by Crippen LogP contribution is 2.33. The Morgan fingerprint density at radius 3 is 2.40 bits per heavy atom. The Morgan fingerprint density at radius 2 is 1.87 bits per heavy atom. The van der Waals surface area contributed by atoms with E-state index in [9.17, 15) is 4.79 Å². The fraction of sp³-hybridized carbons (Fsp3) is 0.917. The standard InChI is InChI=1S/C12H20N2O/c15-12(6-9-4-5-9)14-7-11(8-14)13-10-2-1-3-10/h9-11,13H,1-8H2. The molecule has 84 valence electrons. The van der Waals surface area contributed by atoms with Crippen molar-refractivity contribution in [2.45, 2.75) is 50.6 Å². The molecule has 0 bridgehead atoms. The maximum atomic E-state index is 11.7. The first-order chi connectivity index (χ1) is 7.31. The van der Waals surface area contributed by atoms with Crippen LogP contribution in [0, 0.1) is 5.92 Å². The first kappa shape index (κ1) is 9.64. The second-order valence-electron chi connectivity index (χ2n) is 5.44. The zero-order chi connectivity index (χ0) is 10.3. The molecular formula is C12H20N2O. The van der Waals surface area contributed by atoms with E-state index in [0.717, 1.165) is 31.5 Å². The van der Waals surface area contributed by atoms with Gasteiger partial charge in [-0.3, -0.25) is 4.79 Å². The third-order valence-electron chi connectivity index (χ3n) is 3.97. The molecule has 0 atom stereocenters. The molecule has 0 aromatic heterocycles. The maximum absolute atomic E-state index is 11.7. The minimum absolute atomic E-state index is 0.393. The van der Waals surface area contributed by atoms with Crippen LogP contribution in [0.25, 0.3) is 0 Å². The van der Waals surface area contributed by atoms with Crippen molar-refractivity contribution in [1.29, 1.82) is 0 Å². The van der Waals surface area contributed by atoms with Crippen molar-refractivity contribution >= 4 is 5.91 Å². The van der Waals surface area contributed by atoms with E-state index < -0.39 is 0 Å². The molecule has 1 amide bonds. The van der Waals surface area contributed by atoms with Crippen LogP contribution in [0.2, 0.25) is 0 Å². The normalized spacial score (nSPS) is 27.3. The van der Waals surface area contributed by atoms with Crippen LogP contribution in [0.4, 0.5) is 0 Å². The van der Waals surface area contributed by atoms with E-state index in [1.54, 1.807) is 0 Å². The second-order valence-corrected chi connectivity index (χ2v) is 5.44. The molecule has 0 aromatic rings. The number of likely N-dealkylation sites (tertiary alicyclic amines) is 1. The van der Waals surface area contributed by atoms with Gasteiger partial charge in [0.1, 0.15) is 0 Å². The molecule has 2 saturated carbocycles. The average Bonchev–Trinajstić information content (AvgIpc) is 2.82. The summed E-state index contributed by atoms with van der Waals surface area (Å²) >= 11 is 0. The first-order valence-corrected chi connectivity index (χ1v) is 6.35. The van der Waals surface area contributed by atoms with Crippen LogP contribution in [0.15, 0.2) is 0 Å². The van der Waals surface area contributed by atoms with Crippen molar-refractivity contribution in [3.8, 4) is 0 Å². The zero-order valence-corrected chi connectivity index (χ0v) is 9.24. The molecule has 3 rings (SSSR count). The number of rotatable bonds is 4. The van der Waals surface area contributed by atoms with Gasteiger partial charge in [-0.25, -0.2) is 0 Å². The molecule has 1 N–H and O–H groups in total. The average molecular weight is 208 g/mol. The van der Waals surface area contributed by atoms with Crippen LogP contribution >= 0.6 is 0 Å². The summed E-state index contributed by atoms with van der Waals surface area (Å²) < 4.78 is 0. The summed E-state index contributed by atoms with van der Waals surface area (Å²) in [5, 5.41) is 3.61. The molecule has 15 heavy (non-hydrogen) atoms. The van der Waals surface area contributed by atoms with E-state index >= 15 is 0 Å². The van der Waals surface area contributed by atoms with Crippen molar-refractivity contribution in [1.82, 2.24) is 10.2 Å². The molecule has 2 aliphatic carbocycles. The van der Waals surface area contributed by atoms with E-state index in [2.05, 4.69) is 5.32 Å². The van der Waals surface area contributed by atoms with E-state index in [1.165, 1.54) is 32.1 Å². The lowest BCUT2D eigenvalue weighted by atomic mass is 9.91. The number of nitrogens with one attached hydrogen (secondary N) is 1. The van der Waals surface area contributed by atoms with E-state index in [4.69, 9.17) is 0 Å². The lowest BCUT2D eigenvalue weighted by Gasteiger charge is -2.43. The highest BCUT2D eigenvalue weighted by molar-refractivity contribution is 5.77. The summed E-state index contributed by atoms with van der Waals surface area (Å²) in [6.45, 7) is 1.92. The van der Waals surface area contributed by atoms with Crippen LogP contribution in [-0.2, 0) is 4.79 Å². The third kappa shape index (κ3) is 2.17. The van der Waals surface area contributed by atoms with Crippen molar-refractivity contribution in [2.75, 3.05) is 13.1 Å². The fourth-order valence-electron chi connectivity index (χ4n) is 2.39. The van der Waals surface area contributed by atoms with Gasteiger partial charge >= 0.3 is 0 Å². The molecule has 0 aromatic carbocycles. The van der Waals surface area contributed by atoms with Crippen molar-refractivity contribution < 1.29 is 4.79 Å². The van der Waals surface area contributed by atoms with Gasteiger partial charge in [-0.1, -0.05) is 6.42 Å². The predicted molar refractivity (Wildman–Crippen MR) is 58.5 cm³/mol. The van der Waals surface area contributed by atoms with E-state index in [-0.39, 0.29) is 0 Å². The fourth-order valence-corrected chi connectivity index (χ4v) is 2.39. The van der Waals surface area contributed by atoms with Crippen LogP contribution in [0.3, 0.4) is 0 Å². The van der Waals surface area contributed by atoms with Gasteiger partial charge in [0.2, 0.25) is 5.91 Å². The maximum Gasteiger partial charge on any atom is 0.222 e. The van der Waals surface area contributed by atoms with E-state index in [0.29, 0.717) is 11.9 Å². The number of nitrogens with zero attached hydrogens (tertiary/aromatic N) is 1. The van der Waals surface area contributed by atoms with Crippen LogP contribution in [0.1, 0.15) is 38.5 Å². The number of carbonyl (C=O) groups excluding carboxylic acids is 1. The molecule has 3 aliphatic rings. The minimum atomic E-state index is 0.393. The number of amides is 1. The summed E-state index contributed by atoms with van der Waals surface area (Å²) in [6.07, 6.45) is 7.44. The van der Waals surface area contributed by atoms with Crippen molar-refractivity contribution in [3.63, 3.8) is 0 Å². The Kier molecular flexibility index (Phi) is 2.43. The Labute approximate surface area is 91.2 Å². The highest BCUT2D eigenvalue weighted by atomic mass is 16.2. The van der Waals surface area contributed by atoms with Crippen molar-refractivity contribution in [2.24, 2.45) is 5.92 Å². The molecule has 1 heterocycles. The SMILES string of the molecule is O=C(CC1CC1)N1CC(NC2CCC2)C1. The molecular weight excluding hydrogens is 188 g/mol. The molecule has 0 unspecified atom stereocenters. The van der Waals surface area contributed by atoms with Gasteiger partial charge in [-0.05, 0) is 31.6 Å². The molecule has 3 nitrogen and oxygen atoms in total. The van der Waals surface area contributed by atoms with Gasteiger partial charge in [-0.15, -0.1) is 0 Å². The quantitative estimate of drug-likeness (QED) is 0.751. The molecule has 1 saturated heterocycles. The van der Waals surface area contributed by atoms with Gasteiger partial charge < -0.3 is 10.2 Å². The second kappa shape index (κ2) is 3.78. The summed E-state index contributed by atoms with van der Waals surface area (Å²) in [5.74, 6) is 1.13. The summed E-state index contributed by atoms with van der Waals surface area (Å²) in [4.78, 5) is 13.7. The van der Waals surface area contributed by atoms with Gasteiger partial charge in [0.15, 0.2) is 0 Å².